The summed E-state index contributed by atoms with van der Waals surface area (Å²) in [7, 11) is 0. The fraction of sp³-hybridized carbons (Fsp3) is 0.600. The van der Waals surface area contributed by atoms with Crippen LogP contribution < -0.4 is 0 Å². The van der Waals surface area contributed by atoms with Crippen molar-refractivity contribution < 1.29 is 10.2 Å². The van der Waals surface area contributed by atoms with Crippen molar-refractivity contribution in [1.29, 1.82) is 0 Å². The fourth-order valence-electron chi connectivity index (χ4n) is 5.87. The molecule has 0 amide bonds. The highest BCUT2D eigenvalue weighted by Gasteiger charge is 2.61. The number of fused-ring (bicyclic) bond motifs is 5. The summed E-state index contributed by atoms with van der Waals surface area (Å²) in [5.74, 6) is 5.33. The molecule has 0 bridgehead atoms. The van der Waals surface area contributed by atoms with Crippen LogP contribution in [0.15, 0.2) is 18.2 Å². The molecule has 2 fully saturated rings. The Balaban J connectivity index is 1.71. The summed E-state index contributed by atoms with van der Waals surface area (Å²) in [6.07, 6.45) is 6.30. The van der Waals surface area contributed by atoms with Gasteiger partial charge < -0.3 is 10.2 Å². The van der Waals surface area contributed by atoms with Crippen LogP contribution in [0.1, 0.15) is 56.1 Å². The highest BCUT2D eigenvalue weighted by molar-refractivity contribution is 14.1. The summed E-state index contributed by atoms with van der Waals surface area (Å²) < 4.78 is 2.94. The van der Waals surface area contributed by atoms with Crippen molar-refractivity contribution in [3.63, 3.8) is 0 Å². The smallest absolute Gasteiger partial charge is 0.131 e. The summed E-state index contributed by atoms with van der Waals surface area (Å²) in [6.45, 7) is 2.27. The van der Waals surface area contributed by atoms with Crippen LogP contribution in [-0.2, 0) is 6.42 Å². The van der Waals surface area contributed by atoms with Gasteiger partial charge in [-0.3, -0.25) is 0 Å². The highest BCUT2D eigenvalue weighted by Crippen LogP contribution is 2.64. The molecule has 2 N–H and O–H groups in total. The van der Waals surface area contributed by atoms with Gasteiger partial charge in [-0.1, -0.05) is 18.9 Å². The van der Waals surface area contributed by atoms with Gasteiger partial charge in [0, 0.05) is 28.0 Å². The lowest BCUT2D eigenvalue weighted by molar-refractivity contribution is -0.0647. The molecule has 4 rings (SSSR count). The van der Waals surface area contributed by atoms with E-state index in [1.807, 2.05) is 12.1 Å². The van der Waals surface area contributed by atoms with Crippen molar-refractivity contribution in [2.75, 3.05) is 0 Å². The number of aromatic hydroxyl groups is 1. The van der Waals surface area contributed by atoms with Gasteiger partial charge in [-0.05, 0) is 83.5 Å². The number of phenolic OH excluding ortho intramolecular Hbond substituents is 1. The maximum atomic E-state index is 11.2. The Hall–Kier alpha value is -0.730. The summed E-state index contributed by atoms with van der Waals surface area (Å²) in [4.78, 5) is 0. The predicted molar refractivity (Wildman–Crippen MR) is 99.5 cm³/mol. The van der Waals surface area contributed by atoms with E-state index in [9.17, 15) is 10.2 Å². The molecular formula is C20H23IO2. The average Bonchev–Trinajstić information content (AvgIpc) is 2.79. The molecule has 122 valence electrons. The fourth-order valence-corrected chi connectivity index (χ4v) is 6.31. The molecule has 0 radical (unpaired) electrons. The second-order valence-electron chi connectivity index (χ2n) is 7.87. The van der Waals surface area contributed by atoms with Crippen LogP contribution in [-0.4, -0.2) is 15.8 Å². The molecule has 3 aliphatic rings. The first-order valence-corrected chi connectivity index (χ1v) is 9.73. The van der Waals surface area contributed by atoms with Gasteiger partial charge >= 0.3 is 0 Å². The molecule has 1 unspecified atom stereocenters. The van der Waals surface area contributed by atoms with Crippen molar-refractivity contribution in [2.24, 2.45) is 17.3 Å². The molecule has 2 nitrogen and oxygen atoms in total. The summed E-state index contributed by atoms with van der Waals surface area (Å²) in [5.41, 5.74) is 1.89. The van der Waals surface area contributed by atoms with Crippen molar-refractivity contribution in [1.82, 2.24) is 0 Å². The number of hydrogen-bond acceptors (Lipinski definition) is 2. The Morgan fingerprint density at radius 1 is 1.22 bits per heavy atom. The molecule has 23 heavy (non-hydrogen) atoms. The lowest BCUT2D eigenvalue weighted by atomic mass is 9.53. The number of halogens is 1. The van der Waals surface area contributed by atoms with Gasteiger partial charge in [0.15, 0.2) is 0 Å². The first-order chi connectivity index (χ1) is 11.0. The maximum Gasteiger partial charge on any atom is 0.131 e. The van der Waals surface area contributed by atoms with E-state index in [1.165, 1.54) is 17.5 Å². The molecule has 3 heteroatoms. The molecule has 0 aliphatic heterocycles. The minimum absolute atomic E-state index is 0.0687. The average molecular weight is 422 g/mol. The third-order valence-electron chi connectivity index (χ3n) is 7.12. The van der Waals surface area contributed by atoms with E-state index < -0.39 is 5.60 Å². The third-order valence-corrected chi connectivity index (χ3v) is 7.39. The van der Waals surface area contributed by atoms with Crippen LogP contribution in [0.4, 0.5) is 0 Å². The van der Waals surface area contributed by atoms with Crippen LogP contribution in [0.25, 0.3) is 0 Å². The summed E-state index contributed by atoms with van der Waals surface area (Å²) >= 11 is 2.05. The van der Waals surface area contributed by atoms with E-state index in [1.54, 1.807) is 0 Å². The second-order valence-corrected chi connectivity index (χ2v) is 8.41. The number of hydrogen-bond donors (Lipinski definition) is 2. The minimum Gasteiger partial charge on any atom is -0.508 e. The normalized spacial score (nSPS) is 41.3. The second kappa shape index (κ2) is 5.39. The standard InChI is InChI=1S/C20H23IO2/c1-19-8-6-16-15-5-3-14(22)12-13(15)2-4-17(16)18(19)7-9-20(19,23)10-11-21/h3,5,12,16-18,22-23H,2,4,6-9H2,1H3/t16-,17-,18+,19+,20?/m1/s1. The molecule has 1 aromatic rings. The van der Waals surface area contributed by atoms with Crippen molar-refractivity contribution in [3.05, 3.63) is 29.3 Å². The van der Waals surface area contributed by atoms with Crippen LogP contribution in [0.2, 0.25) is 0 Å². The van der Waals surface area contributed by atoms with Crippen molar-refractivity contribution >= 4 is 22.6 Å². The number of aliphatic hydroxyl groups is 1. The van der Waals surface area contributed by atoms with Crippen molar-refractivity contribution in [3.8, 4) is 15.6 Å². The van der Waals surface area contributed by atoms with E-state index in [-0.39, 0.29) is 5.41 Å². The van der Waals surface area contributed by atoms with Crippen LogP contribution in [0.3, 0.4) is 0 Å². The SMILES string of the molecule is C[C@]12CC[C@@H]3c4ccc(O)cc4CC[C@H]3[C@@H]1CCC2(O)C#CI. The molecule has 1 aromatic carbocycles. The molecular weight excluding hydrogens is 399 g/mol. The van der Waals surface area contributed by atoms with E-state index in [0.29, 0.717) is 23.5 Å². The van der Waals surface area contributed by atoms with Crippen LogP contribution in [0, 0.1) is 27.1 Å². The van der Waals surface area contributed by atoms with Gasteiger partial charge in [-0.15, -0.1) is 0 Å². The topological polar surface area (TPSA) is 40.5 Å². The van der Waals surface area contributed by atoms with Gasteiger partial charge in [0.2, 0.25) is 0 Å². The molecule has 0 aromatic heterocycles. The Bertz CT molecular complexity index is 703. The van der Waals surface area contributed by atoms with E-state index >= 15 is 0 Å². The maximum absolute atomic E-state index is 11.2. The van der Waals surface area contributed by atoms with Crippen LogP contribution >= 0.6 is 22.6 Å². The largest absolute Gasteiger partial charge is 0.508 e. The summed E-state index contributed by atoms with van der Waals surface area (Å²) in [5, 5.41) is 20.9. The van der Waals surface area contributed by atoms with Crippen molar-refractivity contribution in [2.45, 2.75) is 57.0 Å². The monoisotopic (exact) mass is 422 g/mol. The van der Waals surface area contributed by atoms with Gasteiger partial charge in [-0.25, -0.2) is 0 Å². The van der Waals surface area contributed by atoms with Gasteiger partial charge in [0.25, 0.3) is 0 Å². The molecule has 3 aliphatic carbocycles. The lowest BCUT2D eigenvalue weighted by Gasteiger charge is -2.52. The first kappa shape index (κ1) is 15.8. The molecule has 2 saturated carbocycles. The quantitative estimate of drug-likeness (QED) is 0.482. The Morgan fingerprint density at radius 3 is 2.83 bits per heavy atom. The molecule has 0 heterocycles. The predicted octanol–water partition coefficient (Wildman–Crippen LogP) is 4.38. The van der Waals surface area contributed by atoms with E-state index in [2.05, 4.69) is 45.4 Å². The van der Waals surface area contributed by atoms with E-state index in [0.717, 1.165) is 32.1 Å². The summed E-state index contributed by atoms with van der Waals surface area (Å²) in [6, 6.07) is 5.92. The van der Waals surface area contributed by atoms with Crippen LogP contribution in [0.5, 0.6) is 5.75 Å². The molecule has 0 spiro atoms. The highest BCUT2D eigenvalue weighted by atomic mass is 127. The number of benzene rings is 1. The first-order valence-electron chi connectivity index (χ1n) is 8.65. The third kappa shape index (κ3) is 2.17. The van der Waals surface area contributed by atoms with E-state index in [4.69, 9.17) is 0 Å². The van der Waals surface area contributed by atoms with Gasteiger partial charge in [-0.2, -0.15) is 0 Å². The lowest BCUT2D eigenvalue weighted by Crippen LogP contribution is -2.50. The number of phenols is 1. The van der Waals surface area contributed by atoms with Gasteiger partial charge in [0.05, 0.1) is 0 Å². The minimum atomic E-state index is -0.806. The number of aryl methyl sites for hydroxylation is 1. The Labute approximate surface area is 151 Å². The number of rotatable bonds is 0. The zero-order chi connectivity index (χ0) is 16.2. The zero-order valence-corrected chi connectivity index (χ0v) is 15.6. The van der Waals surface area contributed by atoms with Gasteiger partial charge in [0.1, 0.15) is 11.4 Å². The molecule has 0 saturated heterocycles. The Kier molecular flexibility index (Phi) is 3.70. The zero-order valence-electron chi connectivity index (χ0n) is 13.5. The Morgan fingerprint density at radius 2 is 2.04 bits per heavy atom. The molecule has 5 atom stereocenters.